The van der Waals surface area contributed by atoms with E-state index in [1.54, 1.807) is 18.6 Å². The molecule has 2 aromatic heterocycles. The molecule has 3 heterocycles. The molecule has 0 aromatic carbocycles. The Labute approximate surface area is 132 Å². The van der Waals surface area contributed by atoms with Crippen LogP contribution in [0.25, 0.3) is 0 Å². The number of anilines is 2. The van der Waals surface area contributed by atoms with Gasteiger partial charge in [0.2, 0.25) is 5.91 Å². The Hall–Kier alpha value is -2.06. The minimum Gasteiger partial charge on any atom is -0.369 e. The highest BCUT2D eigenvalue weighted by Gasteiger charge is 2.25. The lowest BCUT2D eigenvalue weighted by Gasteiger charge is -2.31. The van der Waals surface area contributed by atoms with E-state index in [1.165, 1.54) is 11.3 Å². The molecule has 2 aromatic rings. The van der Waals surface area contributed by atoms with Crippen LogP contribution in [0, 0.1) is 0 Å². The first-order chi connectivity index (χ1) is 10.7. The molecule has 1 amide bonds. The van der Waals surface area contributed by atoms with E-state index in [0.29, 0.717) is 6.54 Å². The molecular formula is C14H18N6OS. The van der Waals surface area contributed by atoms with E-state index in [2.05, 4.69) is 25.2 Å². The average molecular weight is 318 g/mol. The standard InChI is InChI=1S/C14H18N6OS/c15-11(21)9-20-6-1-2-10(8-20)12-13(17-4-3-16-12)19-14-18-5-7-22-14/h3-5,7,10H,1-2,6,8-9H2,(H2,15,21)(H,17,18,19)/t10-/m0/s1. The Bertz CT molecular complexity index is 632. The van der Waals surface area contributed by atoms with Crippen molar-refractivity contribution in [2.45, 2.75) is 18.8 Å². The van der Waals surface area contributed by atoms with Gasteiger partial charge in [-0.3, -0.25) is 14.7 Å². The number of likely N-dealkylation sites (tertiary alicyclic amines) is 1. The third-order valence-corrected chi connectivity index (χ3v) is 4.34. The molecule has 1 fully saturated rings. The zero-order valence-corrected chi connectivity index (χ0v) is 12.9. The van der Waals surface area contributed by atoms with Gasteiger partial charge < -0.3 is 11.1 Å². The molecule has 0 unspecified atom stereocenters. The normalized spacial score (nSPS) is 19.0. The van der Waals surface area contributed by atoms with Crippen molar-refractivity contribution in [3.05, 3.63) is 29.7 Å². The Kier molecular flexibility index (Phi) is 4.59. The van der Waals surface area contributed by atoms with E-state index in [-0.39, 0.29) is 11.8 Å². The molecule has 1 aliphatic heterocycles. The van der Waals surface area contributed by atoms with Crippen LogP contribution in [0.1, 0.15) is 24.5 Å². The maximum Gasteiger partial charge on any atom is 0.231 e. The van der Waals surface area contributed by atoms with Crippen LogP contribution in [0.5, 0.6) is 0 Å². The van der Waals surface area contributed by atoms with Crippen LogP contribution < -0.4 is 11.1 Å². The Morgan fingerprint density at radius 3 is 3.00 bits per heavy atom. The van der Waals surface area contributed by atoms with Crippen molar-refractivity contribution in [2.75, 3.05) is 25.0 Å². The number of nitrogens with zero attached hydrogens (tertiary/aromatic N) is 4. The summed E-state index contributed by atoms with van der Waals surface area (Å²) in [5.41, 5.74) is 6.22. The van der Waals surface area contributed by atoms with Crippen molar-refractivity contribution in [3.8, 4) is 0 Å². The molecule has 0 bridgehead atoms. The lowest BCUT2D eigenvalue weighted by atomic mass is 9.94. The van der Waals surface area contributed by atoms with Gasteiger partial charge in [0.05, 0.1) is 12.2 Å². The monoisotopic (exact) mass is 318 g/mol. The molecule has 1 saturated heterocycles. The van der Waals surface area contributed by atoms with Gasteiger partial charge in [0.25, 0.3) is 0 Å². The second-order valence-corrected chi connectivity index (χ2v) is 6.19. The number of rotatable bonds is 5. The highest BCUT2D eigenvalue weighted by Crippen LogP contribution is 2.30. The van der Waals surface area contributed by atoms with Crippen molar-refractivity contribution >= 4 is 28.2 Å². The minimum atomic E-state index is -0.291. The molecule has 0 saturated carbocycles. The first kappa shape index (κ1) is 14.9. The maximum absolute atomic E-state index is 11.1. The lowest BCUT2D eigenvalue weighted by Crippen LogP contribution is -2.40. The SMILES string of the molecule is NC(=O)CN1CCC[C@H](c2nccnc2Nc2nccs2)C1. The molecule has 0 aliphatic carbocycles. The number of hydrogen-bond acceptors (Lipinski definition) is 7. The summed E-state index contributed by atoms with van der Waals surface area (Å²) < 4.78 is 0. The number of nitrogens with one attached hydrogen (secondary N) is 1. The lowest BCUT2D eigenvalue weighted by molar-refractivity contribution is -0.119. The maximum atomic E-state index is 11.1. The van der Waals surface area contributed by atoms with Gasteiger partial charge in [-0.2, -0.15) is 0 Å². The van der Waals surface area contributed by atoms with Crippen LogP contribution in [0.3, 0.4) is 0 Å². The topological polar surface area (TPSA) is 97.0 Å². The van der Waals surface area contributed by atoms with Crippen molar-refractivity contribution < 1.29 is 4.79 Å². The summed E-state index contributed by atoms with van der Waals surface area (Å²) in [6.07, 6.45) is 7.17. The third-order valence-electron chi connectivity index (χ3n) is 3.66. The molecule has 0 radical (unpaired) electrons. The molecular weight excluding hydrogens is 300 g/mol. The second kappa shape index (κ2) is 6.80. The van der Waals surface area contributed by atoms with Crippen LogP contribution in [-0.4, -0.2) is 45.4 Å². The third kappa shape index (κ3) is 3.58. The number of carbonyl (C=O) groups is 1. The molecule has 8 heteroatoms. The summed E-state index contributed by atoms with van der Waals surface area (Å²) in [7, 11) is 0. The van der Waals surface area contributed by atoms with Crippen LogP contribution in [0.15, 0.2) is 24.0 Å². The highest BCUT2D eigenvalue weighted by molar-refractivity contribution is 7.13. The van der Waals surface area contributed by atoms with Gasteiger partial charge in [-0.15, -0.1) is 11.3 Å². The predicted molar refractivity (Wildman–Crippen MR) is 85.0 cm³/mol. The Morgan fingerprint density at radius 2 is 2.23 bits per heavy atom. The fourth-order valence-corrected chi connectivity index (χ4v) is 3.30. The summed E-state index contributed by atoms with van der Waals surface area (Å²) in [6, 6.07) is 0. The van der Waals surface area contributed by atoms with Gasteiger partial charge in [-0.05, 0) is 19.4 Å². The number of amides is 1. The number of hydrogen-bond donors (Lipinski definition) is 2. The predicted octanol–water partition coefficient (Wildman–Crippen LogP) is 1.34. The van der Waals surface area contributed by atoms with Crippen molar-refractivity contribution in [2.24, 2.45) is 5.73 Å². The number of carbonyl (C=O) groups excluding carboxylic acids is 1. The van der Waals surface area contributed by atoms with E-state index in [4.69, 9.17) is 5.73 Å². The van der Waals surface area contributed by atoms with Gasteiger partial charge in [0.1, 0.15) is 0 Å². The van der Waals surface area contributed by atoms with E-state index in [0.717, 1.165) is 42.6 Å². The van der Waals surface area contributed by atoms with Crippen molar-refractivity contribution in [1.82, 2.24) is 19.9 Å². The number of thiazole rings is 1. The van der Waals surface area contributed by atoms with E-state index < -0.39 is 0 Å². The largest absolute Gasteiger partial charge is 0.369 e. The van der Waals surface area contributed by atoms with Crippen LogP contribution in [0.2, 0.25) is 0 Å². The fourth-order valence-electron chi connectivity index (χ4n) is 2.77. The van der Waals surface area contributed by atoms with Crippen molar-refractivity contribution in [1.29, 1.82) is 0 Å². The summed E-state index contributed by atoms with van der Waals surface area (Å²) >= 11 is 1.52. The molecule has 3 rings (SSSR count). The zero-order valence-electron chi connectivity index (χ0n) is 12.1. The van der Waals surface area contributed by atoms with Crippen molar-refractivity contribution in [3.63, 3.8) is 0 Å². The summed E-state index contributed by atoms with van der Waals surface area (Å²) in [5, 5.41) is 5.94. The second-order valence-electron chi connectivity index (χ2n) is 5.29. The van der Waals surface area contributed by atoms with Gasteiger partial charge in [0.15, 0.2) is 10.9 Å². The molecule has 0 spiro atoms. The smallest absolute Gasteiger partial charge is 0.231 e. The molecule has 116 valence electrons. The number of primary amides is 1. The molecule has 22 heavy (non-hydrogen) atoms. The van der Waals surface area contributed by atoms with Gasteiger partial charge in [0, 0.05) is 36.4 Å². The Morgan fingerprint density at radius 1 is 1.36 bits per heavy atom. The first-order valence-electron chi connectivity index (χ1n) is 7.20. The van der Waals surface area contributed by atoms with Gasteiger partial charge in [-0.1, -0.05) is 0 Å². The molecule has 7 nitrogen and oxygen atoms in total. The van der Waals surface area contributed by atoms with Gasteiger partial charge >= 0.3 is 0 Å². The number of aromatic nitrogens is 3. The van der Waals surface area contributed by atoms with Crippen LogP contribution in [-0.2, 0) is 4.79 Å². The first-order valence-corrected chi connectivity index (χ1v) is 8.08. The highest BCUT2D eigenvalue weighted by atomic mass is 32.1. The fraction of sp³-hybridized carbons (Fsp3) is 0.429. The van der Waals surface area contributed by atoms with E-state index in [1.807, 2.05) is 5.38 Å². The molecule has 1 aliphatic rings. The quantitative estimate of drug-likeness (QED) is 0.863. The minimum absolute atomic E-state index is 0.240. The van der Waals surface area contributed by atoms with Crippen LogP contribution >= 0.6 is 11.3 Å². The summed E-state index contributed by atoms with van der Waals surface area (Å²) in [4.78, 5) is 26.3. The molecule has 1 atom stereocenters. The van der Waals surface area contributed by atoms with Crippen LogP contribution in [0.4, 0.5) is 10.9 Å². The zero-order chi connectivity index (χ0) is 15.4. The summed E-state index contributed by atoms with van der Waals surface area (Å²) in [5.74, 6) is 0.688. The molecule has 3 N–H and O–H groups in total. The summed E-state index contributed by atoms with van der Waals surface area (Å²) in [6.45, 7) is 1.97. The number of piperidine rings is 1. The Balaban J connectivity index is 1.77. The van der Waals surface area contributed by atoms with Gasteiger partial charge in [-0.25, -0.2) is 9.97 Å². The van der Waals surface area contributed by atoms with E-state index >= 15 is 0 Å². The average Bonchev–Trinajstić information content (AvgIpc) is 3.00. The van der Waals surface area contributed by atoms with E-state index in [9.17, 15) is 4.79 Å². The number of nitrogens with two attached hydrogens (primary N) is 1.